The second kappa shape index (κ2) is 2.28. The van der Waals surface area contributed by atoms with E-state index in [9.17, 15) is 13.6 Å². The largest absolute Gasteiger partial charge is 0.481 e. The molecule has 2 saturated carbocycles. The molecular weight excluding hydrogens is 190 g/mol. The number of carboxylic acid groups (broad SMARTS) is 1. The molecule has 2 nitrogen and oxygen atoms in total. The molecule has 0 aromatic rings. The van der Waals surface area contributed by atoms with Crippen molar-refractivity contribution >= 4 is 5.97 Å². The number of rotatable bonds is 1. The molecule has 0 aromatic carbocycles. The number of hydrogen-bond acceptors (Lipinski definition) is 1. The fraction of sp³-hybridized carbons (Fsp3) is 0.900. The lowest BCUT2D eigenvalue weighted by Gasteiger charge is -2.37. The van der Waals surface area contributed by atoms with Crippen molar-refractivity contribution in [2.75, 3.05) is 0 Å². The first-order valence-electron chi connectivity index (χ1n) is 4.87. The topological polar surface area (TPSA) is 37.3 Å². The molecule has 0 spiro atoms. The summed E-state index contributed by atoms with van der Waals surface area (Å²) in [6.45, 7) is 3.33. The maximum Gasteiger partial charge on any atom is 0.316 e. The van der Waals surface area contributed by atoms with Crippen LogP contribution in [0.5, 0.6) is 0 Å². The SMILES string of the molecule is CC1(C)[C@@H]2CC[C@@]1(C(=O)O)C(F)(F)C2. The molecule has 0 radical (unpaired) electrons. The number of hydrogen-bond donors (Lipinski definition) is 1. The highest BCUT2D eigenvalue weighted by molar-refractivity contribution is 5.78. The van der Waals surface area contributed by atoms with Crippen molar-refractivity contribution in [2.45, 2.75) is 39.0 Å². The lowest BCUT2D eigenvalue weighted by atomic mass is 9.68. The van der Waals surface area contributed by atoms with Gasteiger partial charge in [0.2, 0.25) is 0 Å². The van der Waals surface area contributed by atoms with E-state index in [1.807, 2.05) is 0 Å². The number of carboxylic acids is 1. The summed E-state index contributed by atoms with van der Waals surface area (Å²) < 4.78 is 27.3. The Balaban J connectivity index is 2.58. The summed E-state index contributed by atoms with van der Waals surface area (Å²) in [4.78, 5) is 11.1. The molecule has 0 unspecified atom stereocenters. The maximum absolute atomic E-state index is 13.7. The van der Waals surface area contributed by atoms with E-state index in [1.165, 1.54) is 0 Å². The molecule has 2 fully saturated rings. The summed E-state index contributed by atoms with van der Waals surface area (Å²) in [5.41, 5.74) is -2.59. The molecule has 2 aliphatic carbocycles. The van der Waals surface area contributed by atoms with Crippen LogP contribution in [0.25, 0.3) is 0 Å². The van der Waals surface area contributed by atoms with E-state index in [0.29, 0.717) is 6.42 Å². The van der Waals surface area contributed by atoms with Crippen LogP contribution in [0.15, 0.2) is 0 Å². The molecule has 0 amide bonds. The minimum absolute atomic E-state index is 0.118. The number of halogens is 2. The molecule has 2 rings (SSSR count). The minimum Gasteiger partial charge on any atom is -0.481 e. The first-order chi connectivity index (χ1) is 6.26. The van der Waals surface area contributed by atoms with Crippen LogP contribution in [-0.2, 0) is 4.79 Å². The van der Waals surface area contributed by atoms with Crippen LogP contribution in [0.4, 0.5) is 8.78 Å². The van der Waals surface area contributed by atoms with Crippen LogP contribution < -0.4 is 0 Å². The molecule has 0 heterocycles. The minimum atomic E-state index is -3.04. The van der Waals surface area contributed by atoms with Gasteiger partial charge in [0.15, 0.2) is 0 Å². The van der Waals surface area contributed by atoms with Crippen molar-refractivity contribution in [3.63, 3.8) is 0 Å². The first kappa shape index (κ1) is 9.87. The lowest BCUT2D eigenvalue weighted by molar-refractivity contribution is -0.185. The average Bonchev–Trinajstić information content (AvgIpc) is 2.31. The first-order valence-corrected chi connectivity index (χ1v) is 4.87. The predicted octanol–water partition coefficient (Wildman–Crippen LogP) is 2.53. The summed E-state index contributed by atoms with van der Waals surface area (Å²) >= 11 is 0. The van der Waals surface area contributed by atoms with Crippen molar-refractivity contribution in [1.29, 1.82) is 0 Å². The molecule has 1 N–H and O–H groups in total. The average molecular weight is 204 g/mol. The van der Waals surface area contributed by atoms with Gasteiger partial charge in [0.25, 0.3) is 5.92 Å². The van der Waals surface area contributed by atoms with Gasteiger partial charge in [-0.25, -0.2) is 8.78 Å². The third-order valence-corrected chi connectivity index (χ3v) is 4.48. The molecule has 2 atom stereocenters. The Morgan fingerprint density at radius 3 is 2.21 bits per heavy atom. The van der Waals surface area contributed by atoms with Gasteiger partial charge in [-0.1, -0.05) is 13.8 Å². The van der Waals surface area contributed by atoms with Crippen LogP contribution in [-0.4, -0.2) is 17.0 Å². The van der Waals surface area contributed by atoms with Crippen LogP contribution in [0.2, 0.25) is 0 Å². The summed E-state index contributed by atoms with van der Waals surface area (Å²) in [7, 11) is 0. The van der Waals surface area contributed by atoms with E-state index in [4.69, 9.17) is 5.11 Å². The number of fused-ring (bicyclic) bond motifs is 2. The van der Waals surface area contributed by atoms with Gasteiger partial charge in [0, 0.05) is 6.42 Å². The number of carbonyl (C=O) groups is 1. The van der Waals surface area contributed by atoms with Gasteiger partial charge in [0.05, 0.1) is 0 Å². The Kier molecular flexibility index (Phi) is 1.61. The molecule has 2 aliphatic rings. The van der Waals surface area contributed by atoms with Crippen molar-refractivity contribution in [3.05, 3.63) is 0 Å². The van der Waals surface area contributed by atoms with Crippen molar-refractivity contribution in [3.8, 4) is 0 Å². The van der Waals surface area contributed by atoms with Gasteiger partial charge >= 0.3 is 5.97 Å². The van der Waals surface area contributed by atoms with Gasteiger partial charge < -0.3 is 5.11 Å². The van der Waals surface area contributed by atoms with Crippen LogP contribution in [0.1, 0.15) is 33.1 Å². The van der Waals surface area contributed by atoms with E-state index in [0.717, 1.165) is 0 Å². The van der Waals surface area contributed by atoms with E-state index in [2.05, 4.69) is 0 Å². The zero-order chi connectivity index (χ0) is 10.8. The molecule has 0 aliphatic heterocycles. The monoisotopic (exact) mass is 204 g/mol. The van der Waals surface area contributed by atoms with E-state index in [-0.39, 0.29) is 18.8 Å². The lowest BCUT2D eigenvalue weighted by Crippen LogP contribution is -2.49. The van der Waals surface area contributed by atoms with E-state index >= 15 is 0 Å². The highest BCUT2D eigenvalue weighted by Gasteiger charge is 2.77. The summed E-state index contributed by atoms with van der Waals surface area (Å²) in [5, 5.41) is 9.08. The van der Waals surface area contributed by atoms with Gasteiger partial charge in [-0.3, -0.25) is 4.79 Å². The fourth-order valence-electron chi connectivity index (χ4n) is 3.46. The Hall–Kier alpha value is -0.670. The van der Waals surface area contributed by atoms with Crippen molar-refractivity contribution in [1.82, 2.24) is 0 Å². The Morgan fingerprint density at radius 2 is 2.00 bits per heavy atom. The quantitative estimate of drug-likeness (QED) is 0.712. The van der Waals surface area contributed by atoms with Gasteiger partial charge in [-0.05, 0) is 24.2 Å². The van der Waals surface area contributed by atoms with E-state index < -0.39 is 22.7 Å². The van der Waals surface area contributed by atoms with Crippen LogP contribution in [0, 0.1) is 16.7 Å². The van der Waals surface area contributed by atoms with Crippen LogP contribution in [0.3, 0.4) is 0 Å². The zero-order valence-corrected chi connectivity index (χ0v) is 8.31. The second-order valence-corrected chi connectivity index (χ2v) is 5.08. The van der Waals surface area contributed by atoms with E-state index in [1.54, 1.807) is 13.8 Å². The molecule has 14 heavy (non-hydrogen) atoms. The maximum atomic E-state index is 13.7. The highest BCUT2D eigenvalue weighted by atomic mass is 19.3. The second-order valence-electron chi connectivity index (χ2n) is 5.08. The van der Waals surface area contributed by atoms with Crippen molar-refractivity contribution in [2.24, 2.45) is 16.7 Å². The highest BCUT2D eigenvalue weighted by Crippen LogP contribution is 2.71. The molecule has 0 aromatic heterocycles. The normalized spacial score (nSPS) is 42.7. The number of alkyl halides is 2. The third kappa shape index (κ3) is 0.743. The predicted molar refractivity (Wildman–Crippen MR) is 46.1 cm³/mol. The summed E-state index contributed by atoms with van der Waals surface area (Å²) in [5.74, 6) is -4.51. The zero-order valence-electron chi connectivity index (χ0n) is 8.31. The Morgan fingerprint density at radius 1 is 1.43 bits per heavy atom. The summed E-state index contributed by atoms with van der Waals surface area (Å²) in [6, 6.07) is 0. The molecular formula is C10H14F2O2. The Labute approximate surface area is 81.3 Å². The van der Waals surface area contributed by atoms with Gasteiger partial charge in [-0.2, -0.15) is 0 Å². The molecule has 2 bridgehead atoms. The number of aliphatic carboxylic acids is 1. The molecule has 80 valence electrons. The molecule has 0 saturated heterocycles. The smallest absolute Gasteiger partial charge is 0.316 e. The standard InChI is InChI=1S/C10H14F2O2/c1-8(2)6-3-4-9(8,7(13)14)10(11,12)5-6/h6H,3-5H2,1-2H3,(H,13,14)/t6-,9+/m1/s1. The summed E-state index contributed by atoms with van der Waals surface area (Å²) in [6.07, 6.45) is 0.480. The molecule has 4 heteroatoms. The fourth-order valence-corrected chi connectivity index (χ4v) is 3.46. The van der Waals surface area contributed by atoms with Crippen LogP contribution >= 0.6 is 0 Å². The van der Waals surface area contributed by atoms with Crippen molar-refractivity contribution < 1.29 is 18.7 Å². The van der Waals surface area contributed by atoms with Gasteiger partial charge in [0.1, 0.15) is 5.41 Å². The third-order valence-electron chi connectivity index (χ3n) is 4.48. The Bertz CT molecular complexity index is 298. The van der Waals surface area contributed by atoms with Gasteiger partial charge in [-0.15, -0.1) is 0 Å².